The molecule has 0 amide bonds. The van der Waals surface area contributed by atoms with Gasteiger partial charge in [0.25, 0.3) is 0 Å². The Balaban J connectivity index is 1.58. The number of nitrogens with two attached hydrogens (primary N) is 1. The molecule has 102 valence electrons. The van der Waals surface area contributed by atoms with Crippen LogP contribution in [0.1, 0.15) is 17.7 Å². The summed E-state index contributed by atoms with van der Waals surface area (Å²) in [7, 11) is 0. The van der Waals surface area contributed by atoms with Crippen LogP contribution in [0.5, 0.6) is 0 Å². The van der Waals surface area contributed by atoms with Gasteiger partial charge in [-0.15, -0.1) is 11.3 Å². The van der Waals surface area contributed by atoms with E-state index < -0.39 is 0 Å². The second-order valence-corrected chi connectivity index (χ2v) is 5.66. The summed E-state index contributed by atoms with van der Waals surface area (Å²) in [6.07, 6.45) is 5.52. The lowest BCUT2D eigenvalue weighted by Gasteiger charge is -2.01. The standard InChI is InChI=1S/C15H15N3OS/c16-12-3-1-2-11(8-12)4-5-14(19)9-13-10-18-6-7-20-15(18)17-13/h1-3,6-8,10H,4-5,9,16H2. The van der Waals surface area contributed by atoms with Gasteiger partial charge in [0.2, 0.25) is 0 Å². The maximum absolute atomic E-state index is 12.0. The molecule has 4 nitrogen and oxygen atoms in total. The molecular weight excluding hydrogens is 270 g/mol. The van der Waals surface area contributed by atoms with Gasteiger partial charge in [-0.25, -0.2) is 4.98 Å². The number of nitrogen functional groups attached to an aromatic ring is 1. The summed E-state index contributed by atoms with van der Waals surface area (Å²) in [5.41, 5.74) is 8.41. The predicted molar refractivity (Wildman–Crippen MR) is 81.0 cm³/mol. The lowest BCUT2D eigenvalue weighted by molar-refractivity contribution is -0.118. The van der Waals surface area contributed by atoms with E-state index in [0.717, 1.165) is 28.3 Å². The molecule has 20 heavy (non-hydrogen) atoms. The molecule has 0 bridgehead atoms. The number of carbonyl (C=O) groups excluding carboxylic acids is 1. The van der Waals surface area contributed by atoms with Gasteiger partial charge < -0.3 is 5.73 Å². The van der Waals surface area contributed by atoms with Gasteiger partial charge in [0.05, 0.1) is 12.1 Å². The number of anilines is 1. The second kappa shape index (κ2) is 5.46. The van der Waals surface area contributed by atoms with E-state index in [1.165, 1.54) is 0 Å². The Hall–Kier alpha value is -2.14. The van der Waals surface area contributed by atoms with E-state index in [9.17, 15) is 4.79 Å². The zero-order chi connectivity index (χ0) is 13.9. The number of imidazole rings is 1. The highest BCUT2D eigenvalue weighted by Crippen LogP contribution is 2.13. The largest absolute Gasteiger partial charge is 0.399 e. The van der Waals surface area contributed by atoms with Gasteiger partial charge in [0.15, 0.2) is 4.96 Å². The van der Waals surface area contributed by atoms with Crippen LogP contribution in [0.4, 0.5) is 5.69 Å². The van der Waals surface area contributed by atoms with E-state index >= 15 is 0 Å². The maximum atomic E-state index is 12.0. The van der Waals surface area contributed by atoms with Crippen molar-refractivity contribution in [3.8, 4) is 0 Å². The van der Waals surface area contributed by atoms with Gasteiger partial charge in [0.1, 0.15) is 5.78 Å². The van der Waals surface area contributed by atoms with Crippen LogP contribution in [-0.2, 0) is 17.6 Å². The fourth-order valence-corrected chi connectivity index (χ4v) is 2.90. The average Bonchev–Trinajstić information content (AvgIpc) is 2.97. The first-order valence-corrected chi connectivity index (χ1v) is 7.36. The number of aromatic nitrogens is 2. The Bertz CT molecular complexity index is 716. The molecule has 3 rings (SSSR count). The van der Waals surface area contributed by atoms with Crippen molar-refractivity contribution in [3.63, 3.8) is 0 Å². The molecule has 0 aliphatic rings. The molecule has 0 spiro atoms. The highest BCUT2D eigenvalue weighted by Gasteiger charge is 2.08. The minimum atomic E-state index is 0.207. The first kappa shape index (κ1) is 12.9. The number of benzene rings is 1. The molecule has 1 aromatic carbocycles. The van der Waals surface area contributed by atoms with Crippen molar-refractivity contribution in [1.29, 1.82) is 0 Å². The summed E-state index contributed by atoms with van der Waals surface area (Å²) in [5, 5.41) is 1.98. The summed E-state index contributed by atoms with van der Waals surface area (Å²) < 4.78 is 1.95. The van der Waals surface area contributed by atoms with Crippen LogP contribution in [0, 0.1) is 0 Å². The number of rotatable bonds is 5. The zero-order valence-corrected chi connectivity index (χ0v) is 11.8. The topological polar surface area (TPSA) is 60.4 Å². The Morgan fingerprint density at radius 1 is 1.40 bits per heavy atom. The lowest BCUT2D eigenvalue weighted by atomic mass is 10.0. The van der Waals surface area contributed by atoms with E-state index in [2.05, 4.69) is 4.98 Å². The summed E-state index contributed by atoms with van der Waals surface area (Å²) in [5.74, 6) is 0.207. The Morgan fingerprint density at radius 2 is 2.30 bits per heavy atom. The first-order chi connectivity index (χ1) is 9.70. The van der Waals surface area contributed by atoms with E-state index in [1.54, 1.807) is 11.3 Å². The van der Waals surface area contributed by atoms with Crippen molar-refractivity contribution in [3.05, 3.63) is 53.3 Å². The van der Waals surface area contributed by atoms with Crippen LogP contribution in [-0.4, -0.2) is 15.2 Å². The van der Waals surface area contributed by atoms with Crippen molar-refractivity contribution in [2.24, 2.45) is 0 Å². The molecule has 5 heteroatoms. The monoisotopic (exact) mass is 285 g/mol. The highest BCUT2D eigenvalue weighted by molar-refractivity contribution is 7.15. The summed E-state index contributed by atoms with van der Waals surface area (Å²) in [6.45, 7) is 0. The molecule has 0 aliphatic carbocycles. The second-order valence-electron chi connectivity index (χ2n) is 4.79. The Kier molecular flexibility index (Phi) is 3.52. The summed E-state index contributed by atoms with van der Waals surface area (Å²) >= 11 is 1.57. The van der Waals surface area contributed by atoms with E-state index in [1.807, 2.05) is 46.4 Å². The van der Waals surface area contributed by atoms with Crippen LogP contribution in [0.2, 0.25) is 0 Å². The zero-order valence-electron chi connectivity index (χ0n) is 11.0. The normalized spacial score (nSPS) is 11.0. The summed E-state index contributed by atoms with van der Waals surface area (Å²) in [6, 6.07) is 7.68. The number of thiazole rings is 1. The third kappa shape index (κ3) is 2.88. The number of hydrogen-bond acceptors (Lipinski definition) is 4. The SMILES string of the molecule is Nc1cccc(CCC(=O)Cc2cn3ccsc3n2)c1. The molecule has 0 fully saturated rings. The number of aryl methyl sites for hydroxylation is 1. The predicted octanol–water partition coefficient (Wildman–Crippen LogP) is 2.72. The molecule has 2 N–H and O–H groups in total. The van der Waals surface area contributed by atoms with Gasteiger partial charge in [-0.05, 0) is 24.1 Å². The highest BCUT2D eigenvalue weighted by atomic mass is 32.1. The van der Waals surface area contributed by atoms with Crippen molar-refractivity contribution >= 4 is 27.8 Å². The fourth-order valence-electron chi connectivity index (χ4n) is 2.18. The van der Waals surface area contributed by atoms with E-state index in [0.29, 0.717) is 12.8 Å². The van der Waals surface area contributed by atoms with E-state index in [-0.39, 0.29) is 5.78 Å². The molecule has 0 saturated heterocycles. The lowest BCUT2D eigenvalue weighted by Crippen LogP contribution is -2.04. The molecular formula is C15H15N3OS. The van der Waals surface area contributed by atoms with Gasteiger partial charge in [-0.3, -0.25) is 9.20 Å². The minimum absolute atomic E-state index is 0.207. The van der Waals surface area contributed by atoms with Gasteiger partial charge in [-0.1, -0.05) is 12.1 Å². The third-order valence-electron chi connectivity index (χ3n) is 3.16. The molecule has 0 saturated carbocycles. The van der Waals surface area contributed by atoms with Crippen molar-refractivity contribution < 1.29 is 4.79 Å². The average molecular weight is 285 g/mol. The number of ketones is 1. The summed E-state index contributed by atoms with van der Waals surface area (Å²) in [4.78, 5) is 17.3. The van der Waals surface area contributed by atoms with Crippen molar-refractivity contribution in [2.75, 3.05) is 5.73 Å². The van der Waals surface area contributed by atoms with Crippen LogP contribution in [0.15, 0.2) is 42.0 Å². The quantitative estimate of drug-likeness (QED) is 0.733. The molecule has 0 radical (unpaired) electrons. The van der Waals surface area contributed by atoms with Crippen LogP contribution in [0.25, 0.3) is 4.96 Å². The minimum Gasteiger partial charge on any atom is -0.399 e. The number of fused-ring (bicyclic) bond motifs is 1. The molecule has 2 heterocycles. The smallest absolute Gasteiger partial charge is 0.193 e. The van der Waals surface area contributed by atoms with Gasteiger partial charge >= 0.3 is 0 Å². The first-order valence-electron chi connectivity index (χ1n) is 6.48. The number of hydrogen-bond donors (Lipinski definition) is 1. The van der Waals surface area contributed by atoms with Crippen LogP contribution in [0.3, 0.4) is 0 Å². The fraction of sp³-hybridized carbons (Fsp3) is 0.200. The molecule has 0 aliphatic heterocycles. The number of nitrogens with zero attached hydrogens (tertiary/aromatic N) is 2. The van der Waals surface area contributed by atoms with Gasteiger partial charge in [0, 0.05) is 29.9 Å². The molecule has 0 unspecified atom stereocenters. The van der Waals surface area contributed by atoms with Crippen LogP contribution >= 0.6 is 11.3 Å². The maximum Gasteiger partial charge on any atom is 0.193 e. The van der Waals surface area contributed by atoms with Crippen LogP contribution < -0.4 is 5.73 Å². The third-order valence-corrected chi connectivity index (χ3v) is 3.94. The number of carbonyl (C=O) groups is 1. The van der Waals surface area contributed by atoms with Crippen molar-refractivity contribution in [1.82, 2.24) is 9.38 Å². The van der Waals surface area contributed by atoms with Gasteiger partial charge in [-0.2, -0.15) is 0 Å². The van der Waals surface area contributed by atoms with Crippen molar-refractivity contribution in [2.45, 2.75) is 19.3 Å². The Morgan fingerprint density at radius 3 is 3.10 bits per heavy atom. The van der Waals surface area contributed by atoms with E-state index in [4.69, 9.17) is 5.73 Å². The number of Topliss-reactive ketones (excluding diaryl/α,β-unsaturated/α-hetero) is 1. The molecule has 2 aromatic heterocycles. The Labute approximate surface area is 120 Å². The molecule has 0 atom stereocenters. The molecule has 3 aromatic rings.